The normalized spacial score (nSPS) is 17.6. The lowest BCUT2D eigenvalue weighted by Crippen LogP contribution is -2.35. The van der Waals surface area contributed by atoms with Crippen LogP contribution >= 0.6 is 11.6 Å². The van der Waals surface area contributed by atoms with Crippen LogP contribution in [-0.4, -0.2) is 33.7 Å². The molecule has 25 heavy (non-hydrogen) atoms. The second kappa shape index (κ2) is 7.43. The van der Waals surface area contributed by atoms with Gasteiger partial charge in [0.25, 0.3) is 0 Å². The number of benzene rings is 2. The van der Waals surface area contributed by atoms with Crippen molar-refractivity contribution in [3.8, 4) is 0 Å². The predicted octanol–water partition coefficient (Wildman–Crippen LogP) is 2.78. The summed E-state index contributed by atoms with van der Waals surface area (Å²) in [6.45, 7) is 0.283. The van der Waals surface area contributed by atoms with Gasteiger partial charge in [0, 0.05) is 17.3 Å². The van der Waals surface area contributed by atoms with E-state index in [1.165, 1.54) is 4.90 Å². The molecule has 132 valence electrons. The molecule has 0 aliphatic carbocycles. The first-order valence-corrected chi connectivity index (χ1v) is 9.71. The number of hydrogen-bond acceptors (Lipinski definition) is 4. The lowest BCUT2D eigenvalue weighted by molar-refractivity contribution is 0.143. The van der Waals surface area contributed by atoms with Crippen LogP contribution in [0.15, 0.2) is 54.6 Å². The van der Waals surface area contributed by atoms with Crippen molar-refractivity contribution in [1.29, 1.82) is 0 Å². The average molecular weight is 381 g/mol. The molecule has 1 N–H and O–H groups in total. The topological polar surface area (TPSA) is 75.7 Å². The predicted molar refractivity (Wildman–Crippen MR) is 96.1 cm³/mol. The van der Waals surface area contributed by atoms with Crippen molar-refractivity contribution < 1.29 is 17.9 Å². The number of carbonyl (C=O) groups excluding carboxylic acids is 1. The van der Waals surface area contributed by atoms with Gasteiger partial charge in [0.15, 0.2) is 0 Å². The van der Waals surface area contributed by atoms with Crippen molar-refractivity contribution in [3.05, 3.63) is 65.2 Å². The van der Waals surface area contributed by atoms with Gasteiger partial charge in [0.05, 0.1) is 12.3 Å². The van der Waals surface area contributed by atoms with E-state index in [1.807, 2.05) is 6.07 Å². The molecule has 0 aromatic heterocycles. The van der Waals surface area contributed by atoms with Crippen molar-refractivity contribution in [2.75, 3.05) is 18.0 Å². The van der Waals surface area contributed by atoms with Gasteiger partial charge in [-0.05, 0) is 23.8 Å². The summed E-state index contributed by atoms with van der Waals surface area (Å²) in [6.07, 6.45) is -1.08. The Morgan fingerprint density at radius 1 is 1.16 bits per heavy atom. The minimum Gasteiger partial charge on any atom is -0.443 e. The monoisotopic (exact) mass is 380 g/mol. The Balaban J connectivity index is 1.58. The molecule has 1 saturated heterocycles. The van der Waals surface area contributed by atoms with E-state index < -0.39 is 22.2 Å². The van der Waals surface area contributed by atoms with Gasteiger partial charge in [-0.3, -0.25) is 4.90 Å². The molecule has 0 spiro atoms. The summed E-state index contributed by atoms with van der Waals surface area (Å²) in [7, 11) is -3.51. The van der Waals surface area contributed by atoms with Crippen LogP contribution in [0.1, 0.15) is 5.56 Å². The van der Waals surface area contributed by atoms with Crippen LogP contribution in [-0.2, 0) is 20.5 Å². The molecule has 1 atom stereocenters. The molecule has 1 fully saturated rings. The standard InChI is InChI=1S/C17H17ClN2O4S/c18-14-7-4-8-15(9-14)20-11-16(24-17(20)21)10-19-25(22,23)12-13-5-2-1-3-6-13/h1-9,16,19H,10-12H2. The first-order chi connectivity index (χ1) is 11.9. The van der Waals surface area contributed by atoms with E-state index in [1.54, 1.807) is 48.5 Å². The van der Waals surface area contributed by atoms with E-state index in [0.29, 0.717) is 16.3 Å². The summed E-state index contributed by atoms with van der Waals surface area (Å²) in [5.41, 5.74) is 1.31. The molecule has 1 heterocycles. The van der Waals surface area contributed by atoms with Crippen LogP contribution < -0.4 is 9.62 Å². The number of nitrogens with one attached hydrogen (secondary N) is 1. The number of amides is 1. The number of cyclic esters (lactones) is 1. The van der Waals surface area contributed by atoms with Crippen molar-refractivity contribution in [1.82, 2.24) is 4.72 Å². The zero-order chi connectivity index (χ0) is 17.9. The zero-order valence-corrected chi connectivity index (χ0v) is 14.8. The van der Waals surface area contributed by atoms with Crippen LogP contribution in [0.25, 0.3) is 0 Å². The van der Waals surface area contributed by atoms with Crippen LogP contribution in [0, 0.1) is 0 Å². The number of halogens is 1. The Morgan fingerprint density at radius 2 is 1.92 bits per heavy atom. The van der Waals surface area contributed by atoms with Gasteiger partial charge >= 0.3 is 6.09 Å². The van der Waals surface area contributed by atoms with Gasteiger partial charge in [0.1, 0.15) is 6.10 Å². The maximum Gasteiger partial charge on any atom is 0.414 e. The third-order valence-electron chi connectivity index (χ3n) is 3.72. The Morgan fingerprint density at radius 3 is 2.64 bits per heavy atom. The van der Waals surface area contributed by atoms with Crippen molar-refractivity contribution >= 4 is 33.4 Å². The number of anilines is 1. The first kappa shape index (κ1) is 17.7. The molecule has 2 aromatic carbocycles. The minimum absolute atomic E-state index is 0.0258. The quantitative estimate of drug-likeness (QED) is 0.836. The van der Waals surface area contributed by atoms with E-state index in [9.17, 15) is 13.2 Å². The molecular weight excluding hydrogens is 364 g/mol. The van der Waals surface area contributed by atoms with E-state index in [2.05, 4.69) is 4.72 Å². The lowest BCUT2D eigenvalue weighted by Gasteiger charge is -2.13. The van der Waals surface area contributed by atoms with E-state index in [0.717, 1.165) is 0 Å². The summed E-state index contributed by atoms with van der Waals surface area (Å²) >= 11 is 5.93. The third kappa shape index (κ3) is 4.72. The van der Waals surface area contributed by atoms with Gasteiger partial charge in [-0.15, -0.1) is 0 Å². The fraction of sp³-hybridized carbons (Fsp3) is 0.235. The van der Waals surface area contributed by atoms with Gasteiger partial charge in [-0.25, -0.2) is 17.9 Å². The number of sulfonamides is 1. The molecule has 0 radical (unpaired) electrons. The summed E-state index contributed by atoms with van der Waals surface area (Å²) in [5, 5.41) is 0.511. The second-order valence-electron chi connectivity index (χ2n) is 5.69. The van der Waals surface area contributed by atoms with Gasteiger partial charge in [0.2, 0.25) is 10.0 Å². The SMILES string of the molecule is O=C1OC(CNS(=O)(=O)Cc2ccccc2)CN1c1cccc(Cl)c1. The highest BCUT2D eigenvalue weighted by atomic mass is 35.5. The van der Waals surface area contributed by atoms with Crippen molar-refractivity contribution in [2.24, 2.45) is 0 Å². The Labute approximate surface area is 151 Å². The van der Waals surface area contributed by atoms with Gasteiger partial charge < -0.3 is 4.74 Å². The number of rotatable bonds is 6. The van der Waals surface area contributed by atoms with Crippen LogP contribution in [0.2, 0.25) is 5.02 Å². The highest BCUT2D eigenvalue weighted by Gasteiger charge is 2.33. The second-order valence-corrected chi connectivity index (χ2v) is 7.93. The highest BCUT2D eigenvalue weighted by Crippen LogP contribution is 2.24. The maximum atomic E-state index is 12.2. The molecule has 1 unspecified atom stereocenters. The van der Waals surface area contributed by atoms with Crippen molar-refractivity contribution in [3.63, 3.8) is 0 Å². The number of ether oxygens (including phenoxy) is 1. The molecule has 1 amide bonds. The third-order valence-corrected chi connectivity index (χ3v) is 5.28. The number of carbonyl (C=O) groups is 1. The molecule has 6 nitrogen and oxygen atoms in total. The van der Waals surface area contributed by atoms with Crippen molar-refractivity contribution in [2.45, 2.75) is 11.9 Å². The number of nitrogens with zero attached hydrogens (tertiary/aromatic N) is 1. The summed E-state index contributed by atoms with van der Waals surface area (Å²) in [6, 6.07) is 15.7. The lowest BCUT2D eigenvalue weighted by atomic mass is 10.2. The molecule has 0 saturated carbocycles. The largest absolute Gasteiger partial charge is 0.443 e. The summed E-state index contributed by atoms with van der Waals surface area (Å²) in [5.74, 6) is -0.119. The van der Waals surface area contributed by atoms with Gasteiger partial charge in [-0.1, -0.05) is 48.0 Å². The maximum absolute atomic E-state index is 12.2. The summed E-state index contributed by atoms with van der Waals surface area (Å²) < 4.78 is 32.0. The number of hydrogen-bond donors (Lipinski definition) is 1. The van der Waals surface area contributed by atoms with E-state index >= 15 is 0 Å². The van der Waals surface area contributed by atoms with Crippen LogP contribution in [0.5, 0.6) is 0 Å². The minimum atomic E-state index is -3.51. The molecular formula is C17H17ClN2O4S. The smallest absolute Gasteiger partial charge is 0.414 e. The first-order valence-electron chi connectivity index (χ1n) is 7.68. The molecule has 3 rings (SSSR count). The molecule has 1 aliphatic rings. The van der Waals surface area contributed by atoms with Crippen LogP contribution in [0.3, 0.4) is 0 Å². The van der Waals surface area contributed by atoms with Crippen LogP contribution in [0.4, 0.5) is 10.5 Å². The molecule has 2 aromatic rings. The molecule has 0 bridgehead atoms. The fourth-order valence-electron chi connectivity index (χ4n) is 2.55. The Hall–Kier alpha value is -2.09. The average Bonchev–Trinajstić information content (AvgIpc) is 2.95. The van der Waals surface area contributed by atoms with Gasteiger partial charge in [-0.2, -0.15) is 0 Å². The zero-order valence-electron chi connectivity index (χ0n) is 13.3. The van der Waals surface area contributed by atoms with E-state index in [-0.39, 0.29) is 18.8 Å². The van der Waals surface area contributed by atoms with E-state index in [4.69, 9.17) is 16.3 Å². The molecule has 1 aliphatic heterocycles. The Bertz CT molecular complexity index is 858. The molecule has 8 heteroatoms. The summed E-state index contributed by atoms with van der Waals surface area (Å²) in [4.78, 5) is 13.4. The highest BCUT2D eigenvalue weighted by molar-refractivity contribution is 7.88. The Kier molecular flexibility index (Phi) is 5.27. The fourth-order valence-corrected chi connectivity index (χ4v) is 3.90.